The average Bonchev–Trinajstić information content (AvgIpc) is 2.52. The number of hydrogen-bond donors (Lipinski definition) is 0. The lowest BCUT2D eigenvalue weighted by Crippen LogP contribution is -2.25. The predicted molar refractivity (Wildman–Crippen MR) is 62.9 cm³/mol. The van der Waals surface area contributed by atoms with Crippen LogP contribution in [0, 0.1) is 5.82 Å². The van der Waals surface area contributed by atoms with E-state index >= 15 is 0 Å². The van der Waals surface area contributed by atoms with Crippen LogP contribution in [0.3, 0.4) is 0 Å². The van der Waals surface area contributed by atoms with Gasteiger partial charge in [0.15, 0.2) is 0 Å². The highest BCUT2D eigenvalue weighted by Crippen LogP contribution is 2.21. The molecule has 0 aliphatic carbocycles. The first-order chi connectivity index (χ1) is 7.49. The minimum atomic E-state index is -3.08. The Morgan fingerprint density at radius 3 is 2.75 bits per heavy atom. The quantitative estimate of drug-likeness (QED) is 0.839. The van der Waals surface area contributed by atoms with E-state index in [2.05, 4.69) is 15.9 Å². The summed E-state index contributed by atoms with van der Waals surface area (Å²) in [5.74, 6) is -0.122. The molecule has 1 aromatic rings. The average molecular weight is 308 g/mol. The molecule has 0 aromatic heterocycles. The van der Waals surface area contributed by atoms with E-state index in [9.17, 15) is 12.8 Å². The van der Waals surface area contributed by atoms with Crippen LogP contribution in [0.4, 0.5) is 4.39 Å². The lowest BCUT2D eigenvalue weighted by atomic mass is 10.2. The highest BCUT2D eigenvalue weighted by atomic mass is 79.9. The molecule has 0 atom stereocenters. The van der Waals surface area contributed by atoms with Crippen molar-refractivity contribution in [2.75, 3.05) is 12.3 Å². The highest BCUT2D eigenvalue weighted by Gasteiger charge is 2.27. The number of hydrogen-bond acceptors (Lipinski definition) is 2. The number of nitrogens with zero attached hydrogens (tertiary/aromatic N) is 1. The van der Waals surface area contributed by atoms with Crippen LogP contribution in [0.2, 0.25) is 0 Å². The molecule has 1 aliphatic heterocycles. The fraction of sp³-hybridized carbons (Fsp3) is 0.400. The summed E-state index contributed by atoms with van der Waals surface area (Å²) in [5.41, 5.74) is 0.791. The maximum atomic E-state index is 13.0. The van der Waals surface area contributed by atoms with Crippen LogP contribution in [0.1, 0.15) is 12.0 Å². The predicted octanol–water partition coefficient (Wildman–Crippen LogP) is 2.12. The van der Waals surface area contributed by atoms with E-state index in [1.807, 2.05) is 0 Å². The van der Waals surface area contributed by atoms with Crippen molar-refractivity contribution >= 4 is 26.0 Å². The molecule has 0 spiro atoms. The molecular weight excluding hydrogens is 297 g/mol. The van der Waals surface area contributed by atoms with E-state index < -0.39 is 10.0 Å². The first-order valence-electron chi connectivity index (χ1n) is 4.91. The number of benzene rings is 1. The van der Waals surface area contributed by atoms with Gasteiger partial charge in [0.1, 0.15) is 5.82 Å². The van der Waals surface area contributed by atoms with Gasteiger partial charge in [-0.05, 0) is 40.0 Å². The van der Waals surface area contributed by atoms with Crippen molar-refractivity contribution in [2.45, 2.75) is 13.0 Å². The van der Waals surface area contributed by atoms with E-state index in [0.29, 0.717) is 24.0 Å². The zero-order chi connectivity index (χ0) is 11.8. The number of rotatable bonds is 2. The summed E-state index contributed by atoms with van der Waals surface area (Å²) < 4.78 is 37.9. The van der Waals surface area contributed by atoms with Crippen molar-refractivity contribution < 1.29 is 12.8 Å². The van der Waals surface area contributed by atoms with Crippen LogP contribution >= 0.6 is 15.9 Å². The lowest BCUT2D eigenvalue weighted by Gasteiger charge is -2.14. The zero-order valence-electron chi connectivity index (χ0n) is 8.49. The van der Waals surface area contributed by atoms with Crippen LogP contribution in [-0.2, 0) is 16.6 Å². The van der Waals surface area contributed by atoms with Gasteiger partial charge in [-0.2, -0.15) is 4.31 Å². The summed E-state index contributed by atoms with van der Waals surface area (Å²) >= 11 is 3.08. The normalized spacial score (nSPS) is 20.1. The van der Waals surface area contributed by atoms with Gasteiger partial charge < -0.3 is 0 Å². The molecule has 1 aromatic carbocycles. The Labute approximate surface area is 102 Å². The Hall–Kier alpha value is -0.460. The molecule has 1 saturated heterocycles. The van der Waals surface area contributed by atoms with Gasteiger partial charge in [0.25, 0.3) is 0 Å². The molecule has 1 fully saturated rings. The third kappa shape index (κ3) is 2.44. The SMILES string of the molecule is O=S1(=O)CCCN1Cc1ccc(F)c(Br)c1. The Balaban J connectivity index is 2.18. The number of halogens is 2. The summed E-state index contributed by atoms with van der Waals surface area (Å²) in [6.45, 7) is 0.874. The van der Waals surface area contributed by atoms with Crippen molar-refractivity contribution in [1.29, 1.82) is 0 Å². The lowest BCUT2D eigenvalue weighted by molar-refractivity contribution is 0.439. The Kier molecular flexibility index (Phi) is 3.32. The van der Waals surface area contributed by atoms with Gasteiger partial charge in [-0.3, -0.25) is 0 Å². The van der Waals surface area contributed by atoms with Gasteiger partial charge >= 0.3 is 0 Å². The van der Waals surface area contributed by atoms with Gasteiger partial charge in [-0.25, -0.2) is 12.8 Å². The maximum Gasteiger partial charge on any atom is 0.214 e. The molecule has 0 saturated carbocycles. The second kappa shape index (κ2) is 4.43. The minimum Gasteiger partial charge on any atom is -0.212 e. The van der Waals surface area contributed by atoms with E-state index in [1.54, 1.807) is 12.1 Å². The summed E-state index contributed by atoms with van der Waals surface area (Å²) in [4.78, 5) is 0. The molecule has 6 heteroatoms. The van der Waals surface area contributed by atoms with Gasteiger partial charge in [0, 0.05) is 13.1 Å². The Morgan fingerprint density at radius 1 is 1.44 bits per heavy atom. The van der Waals surface area contributed by atoms with Crippen molar-refractivity contribution in [3.63, 3.8) is 0 Å². The van der Waals surface area contributed by atoms with Crippen LogP contribution in [0.15, 0.2) is 22.7 Å². The van der Waals surface area contributed by atoms with E-state index in [1.165, 1.54) is 10.4 Å². The van der Waals surface area contributed by atoms with Crippen molar-refractivity contribution in [3.8, 4) is 0 Å². The first-order valence-corrected chi connectivity index (χ1v) is 7.31. The minimum absolute atomic E-state index is 0.218. The smallest absolute Gasteiger partial charge is 0.212 e. The van der Waals surface area contributed by atoms with Crippen molar-refractivity contribution in [1.82, 2.24) is 4.31 Å². The zero-order valence-corrected chi connectivity index (χ0v) is 10.9. The molecule has 2 rings (SSSR count). The summed E-state index contributed by atoms with van der Waals surface area (Å²) in [5, 5.41) is 0. The third-order valence-electron chi connectivity index (χ3n) is 2.55. The molecule has 0 amide bonds. The van der Waals surface area contributed by atoms with Gasteiger partial charge in [-0.1, -0.05) is 6.07 Å². The Bertz CT molecular complexity index is 504. The Morgan fingerprint density at radius 2 is 2.19 bits per heavy atom. The van der Waals surface area contributed by atoms with Crippen LogP contribution in [0.25, 0.3) is 0 Å². The molecule has 0 radical (unpaired) electrons. The van der Waals surface area contributed by atoms with Crippen molar-refractivity contribution in [3.05, 3.63) is 34.1 Å². The monoisotopic (exact) mass is 307 g/mol. The second-order valence-electron chi connectivity index (χ2n) is 3.75. The molecule has 16 heavy (non-hydrogen) atoms. The first kappa shape index (κ1) is 12.0. The third-order valence-corrected chi connectivity index (χ3v) is 5.06. The molecule has 0 N–H and O–H groups in total. The molecule has 0 bridgehead atoms. The topological polar surface area (TPSA) is 37.4 Å². The molecule has 1 aliphatic rings. The fourth-order valence-electron chi connectivity index (χ4n) is 1.71. The fourth-order valence-corrected chi connectivity index (χ4v) is 3.64. The molecule has 3 nitrogen and oxygen atoms in total. The second-order valence-corrected chi connectivity index (χ2v) is 6.69. The van der Waals surface area contributed by atoms with E-state index in [-0.39, 0.29) is 11.6 Å². The van der Waals surface area contributed by atoms with Crippen molar-refractivity contribution in [2.24, 2.45) is 0 Å². The largest absolute Gasteiger partial charge is 0.214 e. The molecule has 1 heterocycles. The molecule has 0 unspecified atom stereocenters. The highest BCUT2D eigenvalue weighted by molar-refractivity contribution is 9.10. The van der Waals surface area contributed by atoms with Crippen LogP contribution < -0.4 is 0 Å². The maximum absolute atomic E-state index is 13.0. The van der Waals surface area contributed by atoms with Gasteiger partial charge in [-0.15, -0.1) is 0 Å². The van der Waals surface area contributed by atoms with Gasteiger partial charge in [0.05, 0.1) is 10.2 Å². The van der Waals surface area contributed by atoms with E-state index in [0.717, 1.165) is 5.56 Å². The van der Waals surface area contributed by atoms with Gasteiger partial charge in [0.2, 0.25) is 10.0 Å². The number of sulfonamides is 1. The van der Waals surface area contributed by atoms with Crippen LogP contribution in [0.5, 0.6) is 0 Å². The van der Waals surface area contributed by atoms with E-state index in [4.69, 9.17) is 0 Å². The molecule has 88 valence electrons. The summed E-state index contributed by atoms with van der Waals surface area (Å²) in [6, 6.07) is 4.55. The standard InChI is InChI=1S/C10H11BrFNO2S/c11-9-6-8(2-3-10(9)12)7-13-4-1-5-16(13,14)15/h2-3,6H,1,4-5,7H2. The molecular formula is C10H11BrFNO2S. The van der Waals surface area contributed by atoms with Crippen LogP contribution in [-0.4, -0.2) is 25.0 Å². The summed E-state index contributed by atoms with van der Waals surface area (Å²) in [7, 11) is -3.08. The summed E-state index contributed by atoms with van der Waals surface area (Å²) in [6.07, 6.45) is 0.671.